The van der Waals surface area contributed by atoms with Crippen molar-refractivity contribution in [3.8, 4) is 0 Å². The molecule has 2 rings (SSSR count). The molecule has 8 heteroatoms. The molecule has 0 amide bonds. The van der Waals surface area contributed by atoms with Gasteiger partial charge in [-0.15, -0.1) is 12.4 Å². The van der Waals surface area contributed by atoms with Crippen molar-refractivity contribution in [2.45, 2.75) is 37.5 Å². The second kappa shape index (κ2) is 9.36. The van der Waals surface area contributed by atoms with Crippen LogP contribution in [0.2, 0.25) is 0 Å². The maximum atomic E-state index is 12.4. The SMILES string of the molecule is COC(=O)c1cccc(CS(=O)(=O)NC2CCCCC2CN)c1.Cl. The Bertz CT molecular complexity index is 651. The number of methoxy groups -OCH3 is 1. The second-order valence-corrected chi connectivity index (χ2v) is 7.71. The number of hydrogen-bond acceptors (Lipinski definition) is 5. The Kier molecular flexibility index (Phi) is 8.15. The Labute approximate surface area is 149 Å². The number of rotatable bonds is 6. The number of sulfonamides is 1. The molecule has 0 radical (unpaired) electrons. The van der Waals surface area contributed by atoms with Crippen LogP contribution in [0.4, 0.5) is 0 Å². The van der Waals surface area contributed by atoms with Gasteiger partial charge in [-0.3, -0.25) is 0 Å². The fraction of sp³-hybridized carbons (Fsp3) is 0.562. The zero-order valence-electron chi connectivity index (χ0n) is 13.7. The van der Waals surface area contributed by atoms with E-state index >= 15 is 0 Å². The van der Waals surface area contributed by atoms with Gasteiger partial charge in [0.1, 0.15) is 0 Å². The molecule has 1 saturated carbocycles. The fourth-order valence-electron chi connectivity index (χ4n) is 3.04. The summed E-state index contributed by atoms with van der Waals surface area (Å²) in [5.74, 6) is -0.446. The summed E-state index contributed by atoms with van der Waals surface area (Å²) in [4.78, 5) is 11.5. The molecule has 1 aromatic rings. The van der Waals surface area contributed by atoms with E-state index in [-0.39, 0.29) is 30.1 Å². The maximum absolute atomic E-state index is 12.4. The van der Waals surface area contributed by atoms with E-state index in [1.807, 2.05) is 0 Å². The van der Waals surface area contributed by atoms with Gasteiger partial charge in [-0.25, -0.2) is 17.9 Å². The third kappa shape index (κ3) is 5.73. The van der Waals surface area contributed by atoms with Gasteiger partial charge in [0, 0.05) is 6.04 Å². The van der Waals surface area contributed by atoms with Crippen molar-refractivity contribution < 1.29 is 17.9 Å². The van der Waals surface area contributed by atoms with Crippen LogP contribution in [0.3, 0.4) is 0 Å². The summed E-state index contributed by atoms with van der Waals surface area (Å²) in [6.45, 7) is 0.491. The summed E-state index contributed by atoms with van der Waals surface area (Å²) in [6, 6.07) is 6.39. The maximum Gasteiger partial charge on any atom is 0.337 e. The zero-order valence-corrected chi connectivity index (χ0v) is 15.4. The predicted molar refractivity (Wildman–Crippen MR) is 95.6 cm³/mol. The minimum Gasteiger partial charge on any atom is -0.465 e. The molecule has 136 valence electrons. The van der Waals surface area contributed by atoms with Crippen LogP contribution in [0.15, 0.2) is 24.3 Å². The van der Waals surface area contributed by atoms with E-state index in [4.69, 9.17) is 5.73 Å². The molecule has 0 aliphatic heterocycles. The largest absolute Gasteiger partial charge is 0.465 e. The Hall–Kier alpha value is -1.15. The Balaban J connectivity index is 0.00000288. The minimum absolute atomic E-state index is 0. The van der Waals surface area contributed by atoms with Crippen LogP contribution in [-0.2, 0) is 20.5 Å². The van der Waals surface area contributed by atoms with Crippen LogP contribution in [0.5, 0.6) is 0 Å². The normalized spacial score (nSPS) is 20.9. The van der Waals surface area contributed by atoms with Crippen molar-refractivity contribution >= 4 is 28.4 Å². The van der Waals surface area contributed by atoms with Crippen molar-refractivity contribution in [1.82, 2.24) is 4.72 Å². The van der Waals surface area contributed by atoms with E-state index in [1.54, 1.807) is 24.3 Å². The molecule has 0 heterocycles. The molecule has 1 aliphatic carbocycles. The van der Waals surface area contributed by atoms with E-state index in [2.05, 4.69) is 9.46 Å². The predicted octanol–water partition coefficient (Wildman–Crippen LogP) is 1.83. The second-order valence-electron chi connectivity index (χ2n) is 5.96. The smallest absolute Gasteiger partial charge is 0.337 e. The average molecular weight is 377 g/mol. The van der Waals surface area contributed by atoms with Crippen molar-refractivity contribution in [3.05, 3.63) is 35.4 Å². The van der Waals surface area contributed by atoms with Crippen LogP contribution in [0.25, 0.3) is 0 Å². The summed E-state index contributed by atoms with van der Waals surface area (Å²) in [5, 5.41) is 0. The first-order valence-electron chi connectivity index (χ1n) is 7.82. The lowest BCUT2D eigenvalue weighted by molar-refractivity contribution is 0.0600. The van der Waals surface area contributed by atoms with Crippen molar-refractivity contribution in [2.75, 3.05) is 13.7 Å². The highest BCUT2D eigenvalue weighted by Crippen LogP contribution is 2.24. The Morgan fingerprint density at radius 1 is 1.33 bits per heavy atom. The van der Waals surface area contributed by atoms with E-state index < -0.39 is 16.0 Å². The van der Waals surface area contributed by atoms with E-state index in [9.17, 15) is 13.2 Å². The first-order chi connectivity index (χ1) is 10.9. The van der Waals surface area contributed by atoms with Crippen LogP contribution in [0.1, 0.15) is 41.6 Å². The summed E-state index contributed by atoms with van der Waals surface area (Å²) >= 11 is 0. The fourth-order valence-corrected chi connectivity index (χ4v) is 4.52. The van der Waals surface area contributed by atoms with E-state index in [0.717, 1.165) is 25.7 Å². The lowest BCUT2D eigenvalue weighted by Gasteiger charge is -2.31. The van der Waals surface area contributed by atoms with Crippen LogP contribution < -0.4 is 10.5 Å². The standard InChI is InChI=1S/C16H24N2O4S.ClH/c1-22-16(19)13-7-4-5-12(9-13)11-23(20,21)18-15-8-3-2-6-14(15)10-17;/h4-5,7,9,14-15,18H,2-3,6,8,10-11,17H2,1H3;1H. The number of ether oxygens (including phenoxy) is 1. The number of nitrogens with two attached hydrogens (primary N) is 1. The van der Waals surface area contributed by atoms with Crippen molar-refractivity contribution in [1.29, 1.82) is 0 Å². The highest BCUT2D eigenvalue weighted by atomic mass is 35.5. The first-order valence-corrected chi connectivity index (χ1v) is 9.47. The lowest BCUT2D eigenvalue weighted by Crippen LogP contribution is -2.45. The highest BCUT2D eigenvalue weighted by Gasteiger charge is 2.28. The number of esters is 1. The number of carbonyl (C=O) groups excluding carboxylic acids is 1. The highest BCUT2D eigenvalue weighted by molar-refractivity contribution is 7.88. The van der Waals surface area contributed by atoms with E-state index in [0.29, 0.717) is 17.7 Å². The summed E-state index contributed by atoms with van der Waals surface area (Å²) < 4.78 is 32.3. The van der Waals surface area contributed by atoms with Gasteiger partial charge in [-0.2, -0.15) is 0 Å². The molecule has 1 aliphatic rings. The Morgan fingerprint density at radius 2 is 2.04 bits per heavy atom. The molecule has 1 aromatic carbocycles. The number of carbonyl (C=O) groups is 1. The third-order valence-corrected chi connectivity index (χ3v) is 5.62. The van der Waals surface area contributed by atoms with Crippen LogP contribution in [0, 0.1) is 5.92 Å². The number of benzene rings is 1. The van der Waals surface area contributed by atoms with Gasteiger partial charge in [-0.05, 0) is 43.0 Å². The molecule has 0 bridgehead atoms. The topological polar surface area (TPSA) is 98.5 Å². The van der Waals surface area contributed by atoms with Crippen molar-refractivity contribution in [3.63, 3.8) is 0 Å². The Morgan fingerprint density at radius 3 is 2.71 bits per heavy atom. The molecule has 2 unspecified atom stereocenters. The molecule has 24 heavy (non-hydrogen) atoms. The molecule has 0 aromatic heterocycles. The number of hydrogen-bond donors (Lipinski definition) is 2. The molecule has 2 atom stereocenters. The van der Waals surface area contributed by atoms with Gasteiger partial charge in [-0.1, -0.05) is 25.0 Å². The van der Waals surface area contributed by atoms with E-state index in [1.165, 1.54) is 7.11 Å². The average Bonchev–Trinajstić information content (AvgIpc) is 2.54. The van der Waals surface area contributed by atoms with Gasteiger partial charge >= 0.3 is 5.97 Å². The number of halogens is 1. The lowest BCUT2D eigenvalue weighted by atomic mass is 9.85. The third-order valence-electron chi connectivity index (χ3n) is 4.25. The molecule has 6 nitrogen and oxygen atoms in total. The molecule has 3 N–H and O–H groups in total. The van der Waals surface area contributed by atoms with Crippen LogP contribution in [-0.4, -0.2) is 34.1 Å². The monoisotopic (exact) mass is 376 g/mol. The quantitative estimate of drug-likeness (QED) is 0.738. The van der Waals surface area contributed by atoms with Crippen LogP contribution >= 0.6 is 12.4 Å². The number of nitrogens with one attached hydrogen (secondary N) is 1. The summed E-state index contributed by atoms with van der Waals surface area (Å²) in [7, 11) is -2.19. The van der Waals surface area contributed by atoms with Gasteiger partial charge < -0.3 is 10.5 Å². The first kappa shape index (κ1) is 20.9. The molecule has 1 fully saturated rings. The molecular weight excluding hydrogens is 352 g/mol. The molecule has 0 saturated heterocycles. The zero-order chi connectivity index (χ0) is 16.9. The molecule has 0 spiro atoms. The minimum atomic E-state index is -3.48. The summed E-state index contributed by atoms with van der Waals surface area (Å²) in [6.07, 6.45) is 3.90. The molecular formula is C16H25ClN2O4S. The van der Waals surface area contributed by atoms with Gasteiger partial charge in [0.05, 0.1) is 18.4 Å². The van der Waals surface area contributed by atoms with Gasteiger partial charge in [0.25, 0.3) is 0 Å². The summed E-state index contributed by atoms with van der Waals surface area (Å²) in [5.41, 5.74) is 6.65. The van der Waals surface area contributed by atoms with Gasteiger partial charge in [0.2, 0.25) is 10.0 Å². The van der Waals surface area contributed by atoms with Crippen molar-refractivity contribution in [2.24, 2.45) is 11.7 Å². The van der Waals surface area contributed by atoms with Gasteiger partial charge in [0.15, 0.2) is 0 Å².